The lowest BCUT2D eigenvalue weighted by molar-refractivity contribution is -0.161. The van der Waals surface area contributed by atoms with E-state index >= 15 is 0 Å². The number of hydrogen-bond donors (Lipinski definition) is 0. The molecular formula is C20H23NO7S. The number of methoxy groups -OCH3 is 1. The molecule has 9 heteroatoms. The number of hydrogen-bond acceptors (Lipinski definition) is 7. The van der Waals surface area contributed by atoms with Gasteiger partial charge in [-0.25, -0.2) is 13.2 Å². The molecule has 0 bridgehead atoms. The first-order valence-corrected chi connectivity index (χ1v) is 10.6. The van der Waals surface area contributed by atoms with E-state index in [-0.39, 0.29) is 16.8 Å². The molecule has 0 saturated carbocycles. The Hall–Kier alpha value is -2.52. The summed E-state index contributed by atoms with van der Waals surface area (Å²) in [5.74, 6) is -1.87. The summed E-state index contributed by atoms with van der Waals surface area (Å²) in [7, 11) is -2.98. The van der Waals surface area contributed by atoms with Crippen molar-refractivity contribution in [2.45, 2.75) is 44.6 Å². The van der Waals surface area contributed by atoms with Crippen LogP contribution in [-0.4, -0.2) is 55.0 Å². The number of esters is 1. The van der Waals surface area contributed by atoms with E-state index in [1.54, 1.807) is 39.0 Å². The SMILES string of the molecule is CO[C@H]1C(=O)N2C(C(=O)C(C)(C)C)=C(C)[C@@H](OC(=O)c3ccccc3)S(=O)(=O)C12. The van der Waals surface area contributed by atoms with Gasteiger partial charge in [-0.2, -0.15) is 0 Å². The summed E-state index contributed by atoms with van der Waals surface area (Å²) in [6, 6.07) is 7.94. The normalized spacial score (nSPS) is 25.9. The van der Waals surface area contributed by atoms with E-state index in [0.29, 0.717) is 0 Å². The predicted octanol–water partition coefficient (Wildman–Crippen LogP) is 1.67. The second-order valence-electron chi connectivity index (χ2n) is 8.06. The summed E-state index contributed by atoms with van der Waals surface area (Å²) >= 11 is 0. The minimum absolute atomic E-state index is 0.00774. The van der Waals surface area contributed by atoms with Crippen molar-refractivity contribution in [2.75, 3.05) is 7.11 Å². The van der Waals surface area contributed by atoms with Crippen molar-refractivity contribution in [3.05, 3.63) is 47.2 Å². The number of allylic oxidation sites excluding steroid dienone is 1. The predicted molar refractivity (Wildman–Crippen MR) is 103 cm³/mol. The molecule has 156 valence electrons. The zero-order chi connectivity index (χ0) is 21.7. The molecule has 0 aromatic heterocycles. The highest BCUT2D eigenvalue weighted by Crippen LogP contribution is 2.43. The number of fused-ring (bicyclic) bond motifs is 1. The van der Waals surface area contributed by atoms with Crippen molar-refractivity contribution in [3.8, 4) is 0 Å². The Kier molecular flexibility index (Phi) is 5.17. The molecule has 0 spiro atoms. The number of rotatable bonds is 4. The molecule has 29 heavy (non-hydrogen) atoms. The molecule has 1 aromatic rings. The highest BCUT2D eigenvalue weighted by atomic mass is 32.2. The fraction of sp³-hybridized carbons (Fsp3) is 0.450. The van der Waals surface area contributed by atoms with Gasteiger partial charge in [0.15, 0.2) is 17.3 Å². The van der Waals surface area contributed by atoms with Crippen LogP contribution in [0.15, 0.2) is 41.6 Å². The van der Waals surface area contributed by atoms with Crippen LogP contribution in [0.25, 0.3) is 0 Å². The fourth-order valence-corrected chi connectivity index (χ4v) is 5.58. The van der Waals surface area contributed by atoms with Gasteiger partial charge in [-0.05, 0) is 19.1 Å². The Morgan fingerprint density at radius 2 is 1.69 bits per heavy atom. The highest BCUT2D eigenvalue weighted by molar-refractivity contribution is 7.93. The van der Waals surface area contributed by atoms with E-state index in [9.17, 15) is 22.8 Å². The van der Waals surface area contributed by atoms with Gasteiger partial charge in [-0.15, -0.1) is 0 Å². The Morgan fingerprint density at radius 3 is 2.21 bits per heavy atom. The Balaban J connectivity index is 2.12. The average Bonchev–Trinajstić information content (AvgIpc) is 2.65. The van der Waals surface area contributed by atoms with E-state index in [2.05, 4.69) is 0 Å². The minimum atomic E-state index is -4.20. The molecule has 1 fully saturated rings. The van der Waals surface area contributed by atoms with Gasteiger partial charge >= 0.3 is 5.97 Å². The van der Waals surface area contributed by atoms with Crippen molar-refractivity contribution in [3.63, 3.8) is 0 Å². The van der Waals surface area contributed by atoms with Gasteiger partial charge in [0.05, 0.1) is 11.3 Å². The fourth-order valence-electron chi connectivity index (χ4n) is 3.42. The zero-order valence-electron chi connectivity index (χ0n) is 16.8. The number of β-lactam (4-membered cyclic amide) rings is 1. The summed E-state index contributed by atoms with van der Waals surface area (Å²) < 4.78 is 36.8. The lowest BCUT2D eigenvalue weighted by Crippen LogP contribution is -2.72. The number of carbonyl (C=O) groups is 3. The Bertz CT molecular complexity index is 1010. The van der Waals surface area contributed by atoms with E-state index in [0.717, 1.165) is 4.90 Å². The van der Waals surface area contributed by atoms with Gasteiger partial charge in [0, 0.05) is 18.1 Å². The number of ether oxygens (including phenoxy) is 2. The summed E-state index contributed by atoms with van der Waals surface area (Å²) in [6.07, 6.45) is -1.26. The molecule has 1 aromatic carbocycles. The van der Waals surface area contributed by atoms with Crippen LogP contribution in [0.2, 0.25) is 0 Å². The molecule has 0 radical (unpaired) electrons. The molecule has 2 aliphatic heterocycles. The van der Waals surface area contributed by atoms with Crippen molar-refractivity contribution in [1.82, 2.24) is 4.90 Å². The number of Topliss-reactive ketones (excluding diaryl/α,β-unsaturated/α-hetero) is 1. The molecule has 0 aliphatic carbocycles. The third-order valence-electron chi connectivity index (χ3n) is 4.97. The molecule has 3 rings (SSSR count). The van der Waals surface area contributed by atoms with Crippen LogP contribution in [0.5, 0.6) is 0 Å². The minimum Gasteiger partial charge on any atom is -0.438 e. The first-order chi connectivity index (χ1) is 13.4. The van der Waals surface area contributed by atoms with Gasteiger partial charge in [-0.3, -0.25) is 14.5 Å². The van der Waals surface area contributed by atoms with E-state index in [4.69, 9.17) is 9.47 Å². The second-order valence-corrected chi connectivity index (χ2v) is 10.1. The number of amides is 1. The van der Waals surface area contributed by atoms with Crippen molar-refractivity contribution >= 4 is 27.5 Å². The molecule has 2 heterocycles. The number of sulfone groups is 1. The molecule has 1 saturated heterocycles. The molecule has 8 nitrogen and oxygen atoms in total. The monoisotopic (exact) mass is 421 g/mol. The standard InChI is InChI=1S/C20H23NO7S/c1-11-13(15(22)20(2,3)4)21-16(23)14(27-5)17(21)29(25,26)19(11)28-18(24)12-9-7-6-8-10-12/h6-10,14,17,19H,1-5H3/t14-,17?,19-/m0/s1. The van der Waals surface area contributed by atoms with Crippen molar-refractivity contribution in [1.29, 1.82) is 0 Å². The summed E-state index contributed by atoms with van der Waals surface area (Å²) in [5.41, 5.74) is -2.44. The molecule has 1 amide bonds. The maximum absolute atomic E-state index is 13.2. The van der Waals surface area contributed by atoms with E-state index < -0.39 is 49.8 Å². The van der Waals surface area contributed by atoms with Gasteiger partial charge in [0.25, 0.3) is 5.91 Å². The Labute approximate surface area is 169 Å². The second kappa shape index (κ2) is 7.07. The van der Waals surface area contributed by atoms with Gasteiger partial charge < -0.3 is 9.47 Å². The quantitative estimate of drug-likeness (QED) is 0.538. The zero-order valence-corrected chi connectivity index (χ0v) is 17.6. The maximum atomic E-state index is 13.2. The number of carbonyl (C=O) groups excluding carboxylic acids is 3. The van der Waals surface area contributed by atoms with Crippen LogP contribution in [0.3, 0.4) is 0 Å². The lowest BCUT2D eigenvalue weighted by atomic mass is 9.85. The molecule has 3 atom stereocenters. The summed E-state index contributed by atoms with van der Waals surface area (Å²) in [5, 5.41) is -1.42. The van der Waals surface area contributed by atoms with Gasteiger partial charge in [0.1, 0.15) is 0 Å². The van der Waals surface area contributed by atoms with Gasteiger partial charge in [0.2, 0.25) is 15.3 Å². The maximum Gasteiger partial charge on any atom is 0.339 e. The Morgan fingerprint density at radius 1 is 1.10 bits per heavy atom. The largest absolute Gasteiger partial charge is 0.438 e. The van der Waals surface area contributed by atoms with Gasteiger partial charge in [-0.1, -0.05) is 39.0 Å². The van der Waals surface area contributed by atoms with Crippen LogP contribution < -0.4 is 0 Å². The molecule has 1 unspecified atom stereocenters. The van der Waals surface area contributed by atoms with Crippen molar-refractivity contribution in [2.24, 2.45) is 5.41 Å². The summed E-state index contributed by atoms with van der Waals surface area (Å²) in [6.45, 7) is 6.38. The molecule has 2 aliphatic rings. The van der Waals surface area contributed by atoms with Crippen LogP contribution >= 0.6 is 0 Å². The number of ketones is 1. The first kappa shape index (κ1) is 21.2. The van der Waals surface area contributed by atoms with E-state index in [1.807, 2.05) is 0 Å². The third kappa shape index (κ3) is 3.28. The molecular weight excluding hydrogens is 398 g/mol. The van der Waals surface area contributed by atoms with Crippen LogP contribution in [0.4, 0.5) is 0 Å². The smallest absolute Gasteiger partial charge is 0.339 e. The lowest BCUT2D eigenvalue weighted by Gasteiger charge is -2.50. The summed E-state index contributed by atoms with van der Waals surface area (Å²) in [4.78, 5) is 39.0. The third-order valence-corrected chi connectivity index (χ3v) is 7.15. The molecule has 0 N–H and O–H groups in total. The number of nitrogens with zero attached hydrogens (tertiary/aromatic N) is 1. The number of benzene rings is 1. The highest BCUT2D eigenvalue weighted by Gasteiger charge is 2.64. The average molecular weight is 421 g/mol. The van der Waals surface area contributed by atoms with Crippen LogP contribution in [0.1, 0.15) is 38.1 Å². The van der Waals surface area contributed by atoms with E-state index in [1.165, 1.54) is 26.2 Å². The van der Waals surface area contributed by atoms with Crippen LogP contribution in [-0.2, 0) is 28.9 Å². The first-order valence-electron chi connectivity index (χ1n) is 9.03. The van der Waals surface area contributed by atoms with Crippen LogP contribution in [0, 0.1) is 5.41 Å². The topological polar surface area (TPSA) is 107 Å². The van der Waals surface area contributed by atoms with Crippen molar-refractivity contribution < 1.29 is 32.3 Å².